The van der Waals surface area contributed by atoms with Gasteiger partial charge in [-0.2, -0.15) is 18.4 Å². The highest BCUT2D eigenvalue weighted by atomic mass is 32.1. The molecule has 1 aromatic carbocycles. The molecule has 0 bridgehead atoms. The van der Waals surface area contributed by atoms with Crippen LogP contribution < -0.4 is 5.32 Å². The molecule has 1 N–H and O–H groups in total. The van der Waals surface area contributed by atoms with Gasteiger partial charge in [0.2, 0.25) is 0 Å². The van der Waals surface area contributed by atoms with E-state index in [1.54, 1.807) is 0 Å². The molecular formula is C18H13F3N2O3S. The predicted octanol–water partition coefficient (Wildman–Crippen LogP) is 3.92. The van der Waals surface area contributed by atoms with E-state index in [4.69, 9.17) is 4.74 Å². The number of carbonyl (C=O) groups is 2. The number of hydrogen-bond donors (Lipinski definition) is 1. The number of ether oxygens (including phenoxy) is 1. The van der Waals surface area contributed by atoms with Crippen molar-refractivity contribution in [3.05, 3.63) is 51.4 Å². The minimum Gasteiger partial charge on any atom is -0.452 e. The van der Waals surface area contributed by atoms with Crippen molar-refractivity contribution in [3.8, 4) is 6.07 Å². The second kappa shape index (κ2) is 7.40. The van der Waals surface area contributed by atoms with Crippen LogP contribution in [0, 0.1) is 11.3 Å². The van der Waals surface area contributed by atoms with Gasteiger partial charge in [-0.05, 0) is 37.0 Å². The van der Waals surface area contributed by atoms with E-state index in [0.29, 0.717) is 10.6 Å². The molecule has 0 saturated heterocycles. The number of nitriles is 1. The summed E-state index contributed by atoms with van der Waals surface area (Å²) < 4.78 is 43.5. The van der Waals surface area contributed by atoms with E-state index >= 15 is 0 Å². The van der Waals surface area contributed by atoms with Crippen molar-refractivity contribution in [2.75, 3.05) is 11.9 Å². The third-order valence-electron chi connectivity index (χ3n) is 4.07. The summed E-state index contributed by atoms with van der Waals surface area (Å²) in [6.07, 6.45) is -2.14. The van der Waals surface area contributed by atoms with Gasteiger partial charge in [-0.3, -0.25) is 4.79 Å². The molecule has 1 heterocycles. The molecule has 1 aromatic heterocycles. The summed E-state index contributed by atoms with van der Waals surface area (Å²) in [6.45, 7) is -0.752. The SMILES string of the molecule is N#Cc1c(NC(=O)COC(=O)c2ccccc2C(F)(F)F)sc2c1CCC2. The first-order chi connectivity index (χ1) is 12.8. The molecule has 1 amide bonds. The maximum atomic E-state index is 12.9. The lowest BCUT2D eigenvalue weighted by Gasteiger charge is -2.12. The number of benzene rings is 1. The normalized spacial score (nSPS) is 13.0. The van der Waals surface area contributed by atoms with Crippen LogP contribution in [0.15, 0.2) is 24.3 Å². The van der Waals surface area contributed by atoms with E-state index in [1.807, 2.05) is 0 Å². The number of thiophene rings is 1. The van der Waals surface area contributed by atoms with Gasteiger partial charge in [-0.1, -0.05) is 12.1 Å². The van der Waals surface area contributed by atoms with Crippen molar-refractivity contribution < 1.29 is 27.5 Å². The summed E-state index contributed by atoms with van der Waals surface area (Å²) in [5, 5.41) is 12.1. The molecule has 1 aliphatic carbocycles. The highest BCUT2D eigenvalue weighted by Gasteiger charge is 2.35. The molecule has 9 heteroatoms. The summed E-state index contributed by atoms with van der Waals surface area (Å²) in [5.74, 6) is -1.96. The van der Waals surface area contributed by atoms with Crippen molar-refractivity contribution in [2.45, 2.75) is 25.4 Å². The Labute approximate surface area is 156 Å². The van der Waals surface area contributed by atoms with Crippen molar-refractivity contribution >= 4 is 28.2 Å². The Morgan fingerprint density at radius 3 is 2.70 bits per heavy atom. The van der Waals surface area contributed by atoms with E-state index in [-0.39, 0.29) is 0 Å². The zero-order valence-electron chi connectivity index (χ0n) is 13.9. The number of esters is 1. The van der Waals surface area contributed by atoms with Crippen molar-refractivity contribution in [2.24, 2.45) is 0 Å². The fourth-order valence-electron chi connectivity index (χ4n) is 2.89. The minimum absolute atomic E-state index is 0.374. The summed E-state index contributed by atoms with van der Waals surface area (Å²) in [5.41, 5.74) is -0.467. The maximum absolute atomic E-state index is 12.9. The lowest BCUT2D eigenvalue weighted by Crippen LogP contribution is -2.22. The first kappa shape index (κ1) is 18.9. The molecule has 3 rings (SSSR count). The standard InChI is InChI=1S/C18H13F3N2O3S/c19-18(20,21)13-6-2-1-4-11(13)17(25)26-9-15(24)23-16-12(8-22)10-5-3-7-14(10)27-16/h1-2,4,6H,3,5,7,9H2,(H,23,24). The van der Waals surface area contributed by atoms with Crippen LogP contribution in [0.1, 0.15) is 38.3 Å². The van der Waals surface area contributed by atoms with Crippen molar-refractivity contribution in [1.82, 2.24) is 0 Å². The highest BCUT2D eigenvalue weighted by Crippen LogP contribution is 2.38. The minimum atomic E-state index is -4.71. The quantitative estimate of drug-likeness (QED) is 0.797. The first-order valence-corrected chi connectivity index (χ1v) is 8.80. The molecule has 2 aromatic rings. The van der Waals surface area contributed by atoms with E-state index in [1.165, 1.54) is 17.4 Å². The van der Waals surface area contributed by atoms with Gasteiger partial charge < -0.3 is 10.1 Å². The van der Waals surface area contributed by atoms with E-state index < -0.39 is 35.8 Å². The molecule has 140 valence electrons. The van der Waals surface area contributed by atoms with Crippen molar-refractivity contribution in [3.63, 3.8) is 0 Å². The van der Waals surface area contributed by atoms with Gasteiger partial charge in [0, 0.05) is 4.88 Å². The molecule has 0 fully saturated rings. The number of halogens is 3. The number of nitrogens with zero attached hydrogens (tertiary/aromatic N) is 1. The first-order valence-electron chi connectivity index (χ1n) is 7.99. The molecule has 5 nitrogen and oxygen atoms in total. The Morgan fingerprint density at radius 2 is 2.00 bits per heavy atom. The zero-order chi connectivity index (χ0) is 19.6. The number of amides is 1. The average molecular weight is 394 g/mol. The number of alkyl halides is 3. The van der Waals surface area contributed by atoms with Gasteiger partial charge >= 0.3 is 12.1 Å². The van der Waals surface area contributed by atoms with Crippen LogP contribution >= 0.6 is 11.3 Å². The van der Waals surface area contributed by atoms with Crippen LogP contribution in [0.3, 0.4) is 0 Å². The molecule has 0 atom stereocenters. The highest BCUT2D eigenvalue weighted by molar-refractivity contribution is 7.16. The fraction of sp³-hybridized carbons (Fsp3) is 0.278. The van der Waals surface area contributed by atoms with Gasteiger partial charge in [-0.15, -0.1) is 11.3 Å². The lowest BCUT2D eigenvalue weighted by atomic mass is 10.1. The molecule has 0 unspecified atom stereocenters. The van der Waals surface area contributed by atoms with E-state index in [0.717, 1.165) is 47.9 Å². The second-order valence-electron chi connectivity index (χ2n) is 5.84. The number of rotatable bonds is 4. The van der Waals surface area contributed by atoms with E-state index in [9.17, 15) is 28.0 Å². The summed E-state index contributed by atoms with van der Waals surface area (Å²) in [7, 11) is 0. The van der Waals surface area contributed by atoms with Crippen LogP contribution in [-0.2, 0) is 28.5 Å². The molecule has 27 heavy (non-hydrogen) atoms. The molecular weight excluding hydrogens is 381 g/mol. The molecule has 0 aliphatic heterocycles. The van der Waals surface area contributed by atoms with Crippen LogP contribution in [0.2, 0.25) is 0 Å². The second-order valence-corrected chi connectivity index (χ2v) is 6.95. The summed E-state index contributed by atoms with van der Waals surface area (Å²) in [6, 6.07) is 6.25. The summed E-state index contributed by atoms with van der Waals surface area (Å²) >= 11 is 1.29. The Kier molecular flexibility index (Phi) is 5.19. The third kappa shape index (κ3) is 3.95. The number of carbonyl (C=O) groups excluding carboxylic acids is 2. The van der Waals surface area contributed by atoms with Gasteiger partial charge in [0.25, 0.3) is 5.91 Å². The molecule has 0 saturated carbocycles. The Morgan fingerprint density at radius 1 is 1.26 bits per heavy atom. The smallest absolute Gasteiger partial charge is 0.417 e. The van der Waals surface area contributed by atoms with Gasteiger partial charge in [0.05, 0.1) is 16.7 Å². The third-order valence-corrected chi connectivity index (χ3v) is 5.28. The van der Waals surface area contributed by atoms with Gasteiger partial charge in [-0.25, -0.2) is 4.79 Å². The fourth-order valence-corrected chi connectivity index (χ4v) is 4.15. The topological polar surface area (TPSA) is 79.2 Å². The monoisotopic (exact) mass is 394 g/mol. The Bertz CT molecular complexity index is 944. The average Bonchev–Trinajstić information content (AvgIpc) is 3.19. The zero-order valence-corrected chi connectivity index (χ0v) is 14.7. The molecule has 1 aliphatic rings. The molecule has 0 spiro atoms. The van der Waals surface area contributed by atoms with Crippen LogP contribution in [0.25, 0.3) is 0 Å². The number of hydrogen-bond acceptors (Lipinski definition) is 5. The van der Waals surface area contributed by atoms with Crippen LogP contribution in [-0.4, -0.2) is 18.5 Å². The summed E-state index contributed by atoms with van der Waals surface area (Å²) in [4.78, 5) is 25.0. The van der Waals surface area contributed by atoms with Crippen LogP contribution in [0.5, 0.6) is 0 Å². The number of nitrogens with one attached hydrogen (secondary N) is 1. The Hall–Kier alpha value is -2.86. The van der Waals surface area contributed by atoms with Gasteiger partial charge in [0.15, 0.2) is 6.61 Å². The lowest BCUT2D eigenvalue weighted by molar-refractivity contribution is -0.138. The van der Waals surface area contributed by atoms with Gasteiger partial charge in [0.1, 0.15) is 11.1 Å². The number of aryl methyl sites for hydroxylation is 1. The van der Waals surface area contributed by atoms with Crippen molar-refractivity contribution in [1.29, 1.82) is 5.26 Å². The largest absolute Gasteiger partial charge is 0.452 e. The molecule has 0 radical (unpaired) electrons. The Balaban J connectivity index is 1.66. The van der Waals surface area contributed by atoms with E-state index in [2.05, 4.69) is 11.4 Å². The predicted molar refractivity (Wildman–Crippen MR) is 91.4 cm³/mol. The number of fused-ring (bicyclic) bond motifs is 1. The maximum Gasteiger partial charge on any atom is 0.417 e. The number of anilines is 1. The van der Waals surface area contributed by atoms with Crippen LogP contribution in [0.4, 0.5) is 18.2 Å².